The number of rotatable bonds is 7. The minimum Gasteiger partial charge on any atom is -0.310 e. The van der Waals surface area contributed by atoms with Crippen molar-refractivity contribution in [2.45, 2.75) is 45.7 Å². The second kappa shape index (κ2) is 5.21. The number of tetrazole rings is 1. The molecule has 1 fully saturated rings. The summed E-state index contributed by atoms with van der Waals surface area (Å²) in [5, 5.41) is 15.0. The van der Waals surface area contributed by atoms with Crippen molar-refractivity contribution >= 4 is 0 Å². The average Bonchev–Trinajstić information content (AvgIpc) is 2.95. The van der Waals surface area contributed by atoms with Gasteiger partial charge >= 0.3 is 0 Å². The van der Waals surface area contributed by atoms with E-state index in [4.69, 9.17) is 0 Å². The second-order valence-corrected chi connectivity index (χ2v) is 4.18. The molecule has 0 aliphatic heterocycles. The molecule has 0 saturated heterocycles. The van der Waals surface area contributed by atoms with Crippen molar-refractivity contribution in [1.29, 1.82) is 0 Å². The van der Waals surface area contributed by atoms with Gasteiger partial charge in [-0.3, -0.25) is 0 Å². The zero-order valence-corrected chi connectivity index (χ0v) is 9.32. The van der Waals surface area contributed by atoms with E-state index in [2.05, 4.69) is 27.8 Å². The molecule has 0 bridgehead atoms. The summed E-state index contributed by atoms with van der Waals surface area (Å²) in [6, 6.07) is 0. The van der Waals surface area contributed by atoms with Gasteiger partial charge in [-0.15, -0.1) is 5.10 Å². The maximum Gasteiger partial charge on any atom is 0.165 e. The van der Waals surface area contributed by atoms with E-state index in [0.29, 0.717) is 0 Å². The molecule has 0 amide bonds. The molecular weight excluding hydrogens is 190 g/mol. The topological polar surface area (TPSA) is 55.6 Å². The quantitative estimate of drug-likeness (QED) is 0.727. The molecule has 2 rings (SSSR count). The summed E-state index contributed by atoms with van der Waals surface area (Å²) >= 11 is 0. The van der Waals surface area contributed by atoms with Gasteiger partial charge in [0.25, 0.3) is 0 Å². The fraction of sp³-hybridized carbons (Fsp3) is 0.900. The molecule has 0 atom stereocenters. The fourth-order valence-electron chi connectivity index (χ4n) is 1.70. The third-order valence-electron chi connectivity index (χ3n) is 2.82. The van der Waals surface area contributed by atoms with Crippen LogP contribution >= 0.6 is 0 Å². The number of nitrogens with zero attached hydrogens (tertiary/aromatic N) is 4. The summed E-state index contributed by atoms with van der Waals surface area (Å²) in [4.78, 5) is 0. The van der Waals surface area contributed by atoms with Crippen LogP contribution in [0.2, 0.25) is 0 Å². The number of hydrogen-bond acceptors (Lipinski definition) is 4. The van der Waals surface area contributed by atoms with E-state index in [-0.39, 0.29) is 0 Å². The van der Waals surface area contributed by atoms with Crippen LogP contribution in [0.15, 0.2) is 0 Å². The molecule has 5 heteroatoms. The molecule has 1 aliphatic rings. The van der Waals surface area contributed by atoms with Gasteiger partial charge in [0, 0.05) is 6.54 Å². The van der Waals surface area contributed by atoms with Gasteiger partial charge in [0.15, 0.2) is 5.82 Å². The van der Waals surface area contributed by atoms with Crippen LogP contribution in [-0.2, 0) is 13.1 Å². The predicted octanol–water partition coefficient (Wildman–Crippen LogP) is 0.973. The molecule has 0 spiro atoms. The van der Waals surface area contributed by atoms with Gasteiger partial charge in [-0.2, -0.15) is 0 Å². The Kier molecular flexibility index (Phi) is 3.66. The zero-order valence-electron chi connectivity index (χ0n) is 9.32. The molecule has 84 valence electrons. The van der Waals surface area contributed by atoms with Crippen molar-refractivity contribution in [3.63, 3.8) is 0 Å². The lowest BCUT2D eigenvalue weighted by Crippen LogP contribution is -2.17. The Balaban J connectivity index is 1.75. The van der Waals surface area contributed by atoms with Crippen molar-refractivity contribution in [2.24, 2.45) is 5.92 Å². The minimum absolute atomic E-state index is 0.771. The van der Waals surface area contributed by atoms with Gasteiger partial charge in [-0.25, -0.2) is 4.68 Å². The standard InChI is InChI=1S/C10H19N5/c1-2-11-8-10-12-13-14-15(10)7-3-4-9-5-6-9/h9,11H,2-8H2,1H3. The lowest BCUT2D eigenvalue weighted by atomic mass is 10.2. The number of aryl methyl sites for hydroxylation is 1. The zero-order chi connectivity index (χ0) is 10.5. The van der Waals surface area contributed by atoms with Crippen molar-refractivity contribution in [3.8, 4) is 0 Å². The van der Waals surface area contributed by atoms with Crippen LogP contribution in [0.3, 0.4) is 0 Å². The molecule has 15 heavy (non-hydrogen) atoms. The van der Waals surface area contributed by atoms with Crippen molar-refractivity contribution < 1.29 is 0 Å². The normalized spacial score (nSPS) is 15.8. The summed E-state index contributed by atoms with van der Waals surface area (Å²) in [6.07, 6.45) is 5.40. The van der Waals surface area contributed by atoms with Gasteiger partial charge in [-0.05, 0) is 35.7 Å². The van der Waals surface area contributed by atoms with Gasteiger partial charge in [0.2, 0.25) is 0 Å². The fourth-order valence-corrected chi connectivity index (χ4v) is 1.70. The smallest absolute Gasteiger partial charge is 0.165 e. The van der Waals surface area contributed by atoms with Crippen LogP contribution in [0.1, 0.15) is 38.4 Å². The Bertz CT molecular complexity index is 292. The number of hydrogen-bond donors (Lipinski definition) is 1. The van der Waals surface area contributed by atoms with Crippen molar-refractivity contribution in [1.82, 2.24) is 25.5 Å². The van der Waals surface area contributed by atoms with Crippen LogP contribution in [0, 0.1) is 5.92 Å². The summed E-state index contributed by atoms with van der Waals surface area (Å²) in [5.74, 6) is 1.95. The highest BCUT2D eigenvalue weighted by atomic mass is 15.5. The highest BCUT2D eigenvalue weighted by Gasteiger charge is 2.20. The van der Waals surface area contributed by atoms with Crippen LogP contribution < -0.4 is 5.32 Å². The summed E-state index contributed by atoms with van der Waals surface area (Å²) in [7, 11) is 0. The maximum absolute atomic E-state index is 4.01. The summed E-state index contributed by atoms with van der Waals surface area (Å²) in [5.41, 5.74) is 0. The lowest BCUT2D eigenvalue weighted by Gasteiger charge is -2.04. The summed E-state index contributed by atoms with van der Waals surface area (Å²) in [6.45, 7) is 4.77. The largest absolute Gasteiger partial charge is 0.310 e. The first-order valence-electron chi connectivity index (χ1n) is 5.86. The van der Waals surface area contributed by atoms with Crippen LogP contribution in [0.4, 0.5) is 0 Å². The van der Waals surface area contributed by atoms with Gasteiger partial charge in [0.05, 0.1) is 6.54 Å². The van der Waals surface area contributed by atoms with Crippen LogP contribution in [0.25, 0.3) is 0 Å². The van der Waals surface area contributed by atoms with E-state index < -0.39 is 0 Å². The Morgan fingerprint density at radius 3 is 3.07 bits per heavy atom. The van der Waals surface area contributed by atoms with Gasteiger partial charge in [0.1, 0.15) is 0 Å². The molecule has 1 saturated carbocycles. The highest BCUT2D eigenvalue weighted by Crippen LogP contribution is 2.33. The third-order valence-corrected chi connectivity index (χ3v) is 2.82. The summed E-state index contributed by atoms with van der Waals surface area (Å²) < 4.78 is 1.92. The van der Waals surface area contributed by atoms with E-state index in [1.165, 1.54) is 25.7 Å². The minimum atomic E-state index is 0.771. The Morgan fingerprint density at radius 2 is 2.33 bits per heavy atom. The molecule has 0 radical (unpaired) electrons. The van der Waals surface area contributed by atoms with Crippen molar-refractivity contribution in [3.05, 3.63) is 5.82 Å². The molecule has 0 aromatic carbocycles. The Labute approximate surface area is 90.2 Å². The average molecular weight is 209 g/mol. The first kappa shape index (κ1) is 10.5. The SMILES string of the molecule is CCNCc1nnnn1CCCC1CC1. The van der Waals surface area contributed by atoms with Crippen molar-refractivity contribution in [2.75, 3.05) is 6.54 Å². The monoisotopic (exact) mass is 209 g/mol. The molecule has 0 unspecified atom stereocenters. The van der Waals surface area contributed by atoms with E-state index in [9.17, 15) is 0 Å². The Morgan fingerprint density at radius 1 is 1.47 bits per heavy atom. The molecule has 1 aromatic rings. The van der Waals surface area contributed by atoms with E-state index >= 15 is 0 Å². The highest BCUT2D eigenvalue weighted by molar-refractivity contribution is 4.80. The third kappa shape index (κ3) is 3.27. The molecule has 5 nitrogen and oxygen atoms in total. The van der Waals surface area contributed by atoms with Gasteiger partial charge in [-0.1, -0.05) is 19.8 Å². The lowest BCUT2D eigenvalue weighted by molar-refractivity contribution is 0.498. The predicted molar refractivity (Wildman–Crippen MR) is 57.2 cm³/mol. The molecule has 1 N–H and O–H groups in total. The maximum atomic E-state index is 4.01. The second-order valence-electron chi connectivity index (χ2n) is 4.18. The van der Waals surface area contributed by atoms with Crippen LogP contribution in [0.5, 0.6) is 0 Å². The van der Waals surface area contributed by atoms with E-state index in [1.807, 2.05) is 4.68 Å². The number of nitrogens with one attached hydrogen (secondary N) is 1. The first-order valence-corrected chi connectivity index (χ1v) is 5.86. The van der Waals surface area contributed by atoms with E-state index in [0.717, 1.165) is 31.4 Å². The molecular formula is C10H19N5. The Hall–Kier alpha value is -0.970. The number of aromatic nitrogens is 4. The molecule has 1 aliphatic carbocycles. The van der Waals surface area contributed by atoms with Gasteiger partial charge < -0.3 is 5.32 Å². The molecule has 1 heterocycles. The molecule has 1 aromatic heterocycles. The van der Waals surface area contributed by atoms with Crippen LogP contribution in [-0.4, -0.2) is 26.8 Å². The first-order chi connectivity index (χ1) is 7.40. The van der Waals surface area contributed by atoms with E-state index in [1.54, 1.807) is 0 Å².